The summed E-state index contributed by atoms with van der Waals surface area (Å²) in [6.45, 7) is 7.79. The van der Waals surface area contributed by atoms with Gasteiger partial charge < -0.3 is 15.0 Å². The standard InChI is InChI=1S/C13H24N4O2/c1-5-16(3)8-7-14-10-12-11(9-15-17(12)4)13(18)19-6-2/h9,14H,5-8,10H2,1-4H3. The largest absolute Gasteiger partial charge is 0.462 e. The van der Waals surface area contributed by atoms with Crippen molar-refractivity contribution < 1.29 is 9.53 Å². The Labute approximate surface area is 114 Å². The molecular formula is C13H24N4O2. The Bertz CT molecular complexity index is 403. The second-order valence-electron chi connectivity index (χ2n) is 4.42. The molecule has 1 aromatic heterocycles. The van der Waals surface area contributed by atoms with Gasteiger partial charge in [0.2, 0.25) is 0 Å². The van der Waals surface area contributed by atoms with Crippen molar-refractivity contribution in [2.75, 3.05) is 33.3 Å². The molecule has 0 atom stereocenters. The van der Waals surface area contributed by atoms with Crippen molar-refractivity contribution >= 4 is 5.97 Å². The molecule has 0 fully saturated rings. The topological polar surface area (TPSA) is 59.4 Å². The average Bonchev–Trinajstić information content (AvgIpc) is 2.76. The van der Waals surface area contributed by atoms with E-state index in [1.807, 2.05) is 7.05 Å². The molecule has 0 radical (unpaired) electrons. The molecule has 1 rings (SSSR count). The molecule has 1 N–H and O–H groups in total. The molecule has 0 saturated carbocycles. The van der Waals surface area contributed by atoms with Crippen molar-refractivity contribution in [3.05, 3.63) is 17.5 Å². The number of carbonyl (C=O) groups is 1. The van der Waals surface area contributed by atoms with Gasteiger partial charge in [0.15, 0.2) is 0 Å². The van der Waals surface area contributed by atoms with E-state index in [2.05, 4.69) is 29.3 Å². The summed E-state index contributed by atoms with van der Waals surface area (Å²) in [4.78, 5) is 14.0. The molecule has 1 aromatic rings. The summed E-state index contributed by atoms with van der Waals surface area (Å²) in [5.41, 5.74) is 1.40. The number of hydrogen-bond donors (Lipinski definition) is 1. The van der Waals surface area contributed by atoms with Crippen LogP contribution in [-0.2, 0) is 18.3 Å². The van der Waals surface area contributed by atoms with Gasteiger partial charge in [0.1, 0.15) is 5.56 Å². The predicted molar refractivity (Wildman–Crippen MR) is 74.0 cm³/mol. The summed E-state index contributed by atoms with van der Waals surface area (Å²) in [6, 6.07) is 0. The quantitative estimate of drug-likeness (QED) is 0.554. The lowest BCUT2D eigenvalue weighted by Crippen LogP contribution is -2.29. The molecule has 0 aliphatic heterocycles. The second kappa shape index (κ2) is 7.91. The molecule has 0 aliphatic rings. The maximum absolute atomic E-state index is 11.8. The minimum atomic E-state index is -0.307. The Morgan fingerprint density at radius 2 is 2.26 bits per heavy atom. The molecule has 0 bridgehead atoms. The number of aromatic nitrogens is 2. The van der Waals surface area contributed by atoms with E-state index in [1.54, 1.807) is 17.8 Å². The van der Waals surface area contributed by atoms with Gasteiger partial charge in [0, 0.05) is 26.7 Å². The van der Waals surface area contributed by atoms with Crippen LogP contribution in [0.1, 0.15) is 29.9 Å². The highest BCUT2D eigenvalue weighted by atomic mass is 16.5. The molecule has 0 amide bonds. The van der Waals surface area contributed by atoms with E-state index < -0.39 is 0 Å². The van der Waals surface area contributed by atoms with Gasteiger partial charge >= 0.3 is 5.97 Å². The summed E-state index contributed by atoms with van der Waals surface area (Å²) in [6.07, 6.45) is 1.56. The van der Waals surface area contributed by atoms with Crippen molar-refractivity contribution in [2.24, 2.45) is 7.05 Å². The number of carbonyl (C=O) groups excluding carboxylic acids is 1. The molecule has 19 heavy (non-hydrogen) atoms. The Morgan fingerprint density at radius 1 is 1.53 bits per heavy atom. The highest BCUT2D eigenvalue weighted by molar-refractivity contribution is 5.90. The number of hydrogen-bond acceptors (Lipinski definition) is 5. The third kappa shape index (κ3) is 4.65. The van der Waals surface area contributed by atoms with E-state index in [9.17, 15) is 4.79 Å². The van der Waals surface area contributed by atoms with Crippen LogP contribution in [0.3, 0.4) is 0 Å². The van der Waals surface area contributed by atoms with Gasteiger partial charge in [-0.3, -0.25) is 4.68 Å². The summed E-state index contributed by atoms with van der Waals surface area (Å²) < 4.78 is 6.73. The molecule has 0 aliphatic carbocycles. The van der Waals surface area contributed by atoms with E-state index >= 15 is 0 Å². The number of rotatable bonds is 8. The normalized spacial score (nSPS) is 11.0. The van der Waals surface area contributed by atoms with Crippen LogP contribution < -0.4 is 5.32 Å². The second-order valence-corrected chi connectivity index (χ2v) is 4.42. The smallest absolute Gasteiger partial charge is 0.341 e. The van der Waals surface area contributed by atoms with Gasteiger partial charge in [0.25, 0.3) is 0 Å². The first-order valence-electron chi connectivity index (χ1n) is 6.67. The molecule has 1 heterocycles. The fourth-order valence-corrected chi connectivity index (χ4v) is 1.69. The van der Waals surface area contributed by atoms with Gasteiger partial charge in [-0.05, 0) is 20.5 Å². The van der Waals surface area contributed by atoms with Crippen molar-refractivity contribution in [3.8, 4) is 0 Å². The molecule has 6 heteroatoms. The Kier molecular flexibility index (Phi) is 6.52. The fourth-order valence-electron chi connectivity index (χ4n) is 1.69. The minimum absolute atomic E-state index is 0.307. The number of nitrogens with zero attached hydrogens (tertiary/aromatic N) is 3. The summed E-state index contributed by atoms with van der Waals surface area (Å²) in [5, 5.41) is 7.44. The zero-order valence-electron chi connectivity index (χ0n) is 12.3. The fraction of sp³-hybridized carbons (Fsp3) is 0.692. The third-order valence-corrected chi connectivity index (χ3v) is 3.06. The van der Waals surface area contributed by atoms with Crippen LogP contribution in [0, 0.1) is 0 Å². The maximum Gasteiger partial charge on any atom is 0.341 e. The molecular weight excluding hydrogens is 244 g/mol. The zero-order chi connectivity index (χ0) is 14.3. The lowest BCUT2D eigenvalue weighted by molar-refractivity contribution is 0.0524. The van der Waals surface area contributed by atoms with Crippen LogP contribution >= 0.6 is 0 Å². The van der Waals surface area contributed by atoms with Crippen LogP contribution in [0.25, 0.3) is 0 Å². The van der Waals surface area contributed by atoms with Crippen LogP contribution in [0.4, 0.5) is 0 Å². The van der Waals surface area contributed by atoms with Gasteiger partial charge in [0.05, 0.1) is 18.5 Å². The van der Waals surface area contributed by atoms with E-state index in [0.29, 0.717) is 18.7 Å². The maximum atomic E-state index is 11.8. The van der Waals surface area contributed by atoms with Crippen LogP contribution in [0.15, 0.2) is 6.20 Å². The molecule has 6 nitrogen and oxygen atoms in total. The molecule has 0 spiro atoms. The minimum Gasteiger partial charge on any atom is -0.462 e. The van der Waals surface area contributed by atoms with Crippen molar-refractivity contribution in [2.45, 2.75) is 20.4 Å². The number of esters is 1. The number of ether oxygens (including phenoxy) is 1. The van der Waals surface area contributed by atoms with Crippen molar-refractivity contribution in [1.82, 2.24) is 20.0 Å². The Morgan fingerprint density at radius 3 is 2.89 bits per heavy atom. The van der Waals surface area contributed by atoms with Crippen molar-refractivity contribution in [1.29, 1.82) is 0 Å². The average molecular weight is 268 g/mol. The number of likely N-dealkylation sites (N-methyl/N-ethyl adjacent to an activating group) is 1. The van der Waals surface area contributed by atoms with Gasteiger partial charge in [-0.2, -0.15) is 5.10 Å². The summed E-state index contributed by atoms with van der Waals surface area (Å²) in [7, 11) is 3.91. The Hall–Kier alpha value is -1.40. The van der Waals surface area contributed by atoms with Crippen LogP contribution in [0.5, 0.6) is 0 Å². The van der Waals surface area contributed by atoms with E-state index in [0.717, 1.165) is 25.3 Å². The predicted octanol–water partition coefficient (Wildman–Crippen LogP) is 0.638. The van der Waals surface area contributed by atoms with Crippen LogP contribution in [0.2, 0.25) is 0 Å². The molecule has 0 unspecified atom stereocenters. The first-order chi connectivity index (χ1) is 9.10. The third-order valence-electron chi connectivity index (χ3n) is 3.06. The van der Waals surface area contributed by atoms with Gasteiger partial charge in [-0.25, -0.2) is 4.79 Å². The lowest BCUT2D eigenvalue weighted by atomic mass is 10.2. The van der Waals surface area contributed by atoms with E-state index in [-0.39, 0.29) is 5.97 Å². The first kappa shape index (κ1) is 15.7. The molecule has 0 aromatic carbocycles. The zero-order valence-corrected chi connectivity index (χ0v) is 12.3. The molecule has 108 valence electrons. The Balaban J connectivity index is 2.53. The SMILES string of the molecule is CCOC(=O)c1cnn(C)c1CNCCN(C)CC. The highest BCUT2D eigenvalue weighted by Gasteiger charge is 2.16. The van der Waals surface area contributed by atoms with Crippen molar-refractivity contribution in [3.63, 3.8) is 0 Å². The van der Waals surface area contributed by atoms with Gasteiger partial charge in [-0.15, -0.1) is 0 Å². The first-order valence-corrected chi connectivity index (χ1v) is 6.67. The summed E-state index contributed by atoms with van der Waals surface area (Å²) >= 11 is 0. The lowest BCUT2D eigenvalue weighted by Gasteiger charge is -2.14. The number of nitrogens with one attached hydrogen (secondary N) is 1. The van der Waals surface area contributed by atoms with E-state index in [4.69, 9.17) is 4.74 Å². The van der Waals surface area contributed by atoms with Crippen LogP contribution in [-0.4, -0.2) is 53.9 Å². The van der Waals surface area contributed by atoms with Gasteiger partial charge in [-0.1, -0.05) is 6.92 Å². The van der Waals surface area contributed by atoms with E-state index in [1.165, 1.54) is 0 Å². The molecule has 0 saturated heterocycles. The monoisotopic (exact) mass is 268 g/mol. The number of aryl methyl sites for hydroxylation is 1. The summed E-state index contributed by atoms with van der Waals surface area (Å²) in [5.74, 6) is -0.307. The highest BCUT2D eigenvalue weighted by Crippen LogP contribution is 2.09.